The fraction of sp³-hybridized carbons (Fsp3) is 0.304. The van der Waals surface area contributed by atoms with Crippen LogP contribution in [-0.2, 0) is 4.74 Å². The van der Waals surface area contributed by atoms with Gasteiger partial charge in [0.1, 0.15) is 11.7 Å². The smallest absolute Gasteiger partial charge is 0.337 e. The number of nitrogens with one attached hydrogen (secondary N) is 1. The third kappa shape index (κ3) is 3.65. The molecule has 0 radical (unpaired) electrons. The summed E-state index contributed by atoms with van der Waals surface area (Å²) in [5, 5.41) is 22.4. The number of fused-ring (bicyclic) bond motifs is 1. The lowest BCUT2D eigenvalue weighted by atomic mass is 10.1. The SMILES string of the molecule is COC1CN(c2nc3c(C(C)Nc4ccccc4C(=O)O)cc(C)cn3c(=O)c2C#N)C1. The van der Waals surface area contributed by atoms with Gasteiger partial charge >= 0.3 is 5.97 Å². The molecule has 0 amide bonds. The van der Waals surface area contributed by atoms with Gasteiger partial charge in [-0.15, -0.1) is 0 Å². The highest BCUT2D eigenvalue weighted by atomic mass is 16.5. The van der Waals surface area contributed by atoms with Gasteiger partial charge in [0.05, 0.1) is 17.7 Å². The first-order valence-corrected chi connectivity index (χ1v) is 10.2. The summed E-state index contributed by atoms with van der Waals surface area (Å²) < 4.78 is 6.70. The van der Waals surface area contributed by atoms with E-state index in [1.165, 1.54) is 10.5 Å². The molecule has 0 saturated carbocycles. The molecule has 164 valence electrons. The van der Waals surface area contributed by atoms with Crippen LogP contribution in [0, 0.1) is 18.3 Å². The third-order valence-corrected chi connectivity index (χ3v) is 5.66. The molecule has 1 aromatic carbocycles. The Morgan fingerprint density at radius 1 is 1.38 bits per heavy atom. The Morgan fingerprint density at radius 2 is 2.09 bits per heavy atom. The largest absolute Gasteiger partial charge is 0.478 e. The summed E-state index contributed by atoms with van der Waals surface area (Å²) in [4.78, 5) is 31.3. The summed E-state index contributed by atoms with van der Waals surface area (Å²) in [6, 6.07) is 10.2. The second-order valence-corrected chi connectivity index (χ2v) is 7.87. The number of aryl methyl sites for hydroxylation is 1. The van der Waals surface area contributed by atoms with Crippen LogP contribution in [0.25, 0.3) is 5.65 Å². The van der Waals surface area contributed by atoms with Crippen LogP contribution in [0.3, 0.4) is 0 Å². The quantitative estimate of drug-likeness (QED) is 0.609. The molecule has 3 heterocycles. The van der Waals surface area contributed by atoms with Crippen LogP contribution in [-0.4, -0.2) is 46.8 Å². The first kappa shape index (κ1) is 21.3. The zero-order valence-corrected chi connectivity index (χ0v) is 18.0. The monoisotopic (exact) mass is 433 g/mol. The number of anilines is 2. The molecular weight excluding hydrogens is 410 g/mol. The minimum atomic E-state index is -1.03. The summed E-state index contributed by atoms with van der Waals surface area (Å²) in [6.45, 7) is 4.83. The van der Waals surface area contributed by atoms with Gasteiger partial charge in [-0.1, -0.05) is 12.1 Å². The van der Waals surface area contributed by atoms with Crippen LogP contribution in [0.1, 0.15) is 40.0 Å². The number of benzene rings is 1. The van der Waals surface area contributed by atoms with Crippen LogP contribution in [0.4, 0.5) is 11.5 Å². The van der Waals surface area contributed by atoms with Crippen molar-refractivity contribution in [1.29, 1.82) is 5.26 Å². The van der Waals surface area contributed by atoms with Crippen molar-refractivity contribution in [3.63, 3.8) is 0 Å². The van der Waals surface area contributed by atoms with Crippen molar-refractivity contribution in [2.75, 3.05) is 30.4 Å². The normalized spacial score (nSPS) is 14.6. The van der Waals surface area contributed by atoms with E-state index in [0.29, 0.717) is 30.2 Å². The number of carboxylic acids is 1. The third-order valence-electron chi connectivity index (χ3n) is 5.66. The number of pyridine rings is 1. The van der Waals surface area contributed by atoms with Crippen molar-refractivity contribution in [3.05, 3.63) is 69.1 Å². The van der Waals surface area contributed by atoms with E-state index in [4.69, 9.17) is 9.72 Å². The van der Waals surface area contributed by atoms with Gasteiger partial charge in [0.2, 0.25) is 0 Å². The fourth-order valence-electron chi connectivity index (χ4n) is 3.91. The van der Waals surface area contributed by atoms with E-state index in [1.54, 1.807) is 31.5 Å². The summed E-state index contributed by atoms with van der Waals surface area (Å²) in [6.07, 6.45) is 1.69. The first-order chi connectivity index (χ1) is 15.3. The molecule has 4 rings (SSSR count). The van der Waals surface area contributed by atoms with Gasteiger partial charge in [0, 0.05) is 37.6 Å². The first-order valence-electron chi connectivity index (χ1n) is 10.2. The summed E-state index contributed by atoms with van der Waals surface area (Å²) >= 11 is 0. The molecule has 0 aliphatic carbocycles. The summed E-state index contributed by atoms with van der Waals surface area (Å²) in [5.74, 6) is -0.691. The van der Waals surface area contributed by atoms with Gasteiger partial charge in [-0.25, -0.2) is 9.78 Å². The molecule has 1 saturated heterocycles. The Labute approximate surface area is 184 Å². The molecule has 3 aromatic rings. The topological polar surface area (TPSA) is 120 Å². The molecule has 1 aliphatic rings. The standard InChI is InChI=1S/C23H23N5O4/c1-13-8-17(14(2)25-19-7-5-4-6-16(19)23(30)31)21-26-20(27-11-15(12-27)32-3)18(9-24)22(29)28(21)10-13/h4-8,10,14-15,25H,11-12H2,1-3H3,(H,30,31). The average molecular weight is 433 g/mol. The minimum absolute atomic E-state index is 0.00885. The zero-order valence-electron chi connectivity index (χ0n) is 18.0. The van der Waals surface area contributed by atoms with Crippen molar-refractivity contribution in [3.8, 4) is 6.07 Å². The molecule has 1 unspecified atom stereocenters. The zero-order chi connectivity index (χ0) is 23.0. The maximum absolute atomic E-state index is 13.1. The predicted molar refractivity (Wildman–Crippen MR) is 119 cm³/mol. The molecule has 0 bridgehead atoms. The number of carboxylic acid groups (broad SMARTS) is 1. The van der Waals surface area contributed by atoms with Crippen molar-refractivity contribution >= 4 is 23.1 Å². The van der Waals surface area contributed by atoms with Crippen LogP contribution >= 0.6 is 0 Å². The molecule has 2 N–H and O–H groups in total. The maximum atomic E-state index is 13.1. The molecule has 9 nitrogen and oxygen atoms in total. The second-order valence-electron chi connectivity index (χ2n) is 7.87. The number of methoxy groups -OCH3 is 1. The highest BCUT2D eigenvalue weighted by Gasteiger charge is 2.31. The number of nitrogens with zero attached hydrogens (tertiary/aromatic N) is 4. The summed E-state index contributed by atoms with van der Waals surface area (Å²) in [7, 11) is 1.62. The highest BCUT2D eigenvalue weighted by molar-refractivity contribution is 5.94. The Balaban J connectivity index is 1.83. The Hall–Kier alpha value is -3.90. The second kappa shape index (κ2) is 8.32. The van der Waals surface area contributed by atoms with Gasteiger partial charge in [-0.05, 0) is 37.6 Å². The van der Waals surface area contributed by atoms with Crippen LogP contribution in [0.15, 0.2) is 41.3 Å². The van der Waals surface area contributed by atoms with Crippen molar-refractivity contribution in [1.82, 2.24) is 9.38 Å². The van der Waals surface area contributed by atoms with Crippen molar-refractivity contribution < 1.29 is 14.6 Å². The predicted octanol–water partition coefficient (Wildman–Crippen LogP) is 2.58. The number of rotatable bonds is 6. The van der Waals surface area contributed by atoms with E-state index in [1.807, 2.05) is 30.9 Å². The molecule has 1 aliphatic heterocycles. The Kier molecular flexibility index (Phi) is 5.55. The maximum Gasteiger partial charge on any atom is 0.337 e. The van der Waals surface area contributed by atoms with Gasteiger partial charge < -0.3 is 20.1 Å². The number of carbonyl (C=O) groups is 1. The van der Waals surface area contributed by atoms with Crippen molar-refractivity contribution in [2.45, 2.75) is 26.0 Å². The molecule has 1 fully saturated rings. The Bertz CT molecular complexity index is 1300. The molecule has 32 heavy (non-hydrogen) atoms. The van der Waals surface area contributed by atoms with Crippen LogP contribution in [0.2, 0.25) is 0 Å². The number of para-hydroxylation sites is 1. The van der Waals surface area contributed by atoms with Crippen molar-refractivity contribution in [2.24, 2.45) is 0 Å². The number of hydrogen-bond acceptors (Lipinski definition) is 7. The van der Waals surface area contributed by atoms with Gasteiger partial charge in [-0.2, -0.15) is 5.26 Å². The van der Waals surface area contributed by atoms with E-state index < -0.39 is 11.5 Å². The number of nitriles is 1. The van der Waals surface area contributed by atoms with E-state index in [0.717, 1.165) is 11.1 Å². The van der Waals surface area contributed by atoms with Crippen LogP contribution in [0.5, 0.6) is 0 Å². The summed E-state index contributed by atoms with van der Waals surface area (Å²) in [5.41, 5.74) is 2.13. The van der Waals surface area contributed by atoms with E-state index in [9.17, 15) is 20.0 Å². The molecule has 2 aromatic heterocycles. The number of ether oxygens (including phenoxy) is 1. The lowest BCUT2D eigenvalue weighted by Gasteiger charge is -2.39. The van der Waals surface area contributed by atoms with Crippen LogP contribution < -0.4 is 15.8 Å². The number of hydrogen-bond donors (Lipinski definition) is 2. The van der Waals surface area contributed by atoms with E-state index >= 15 is 0 Å². The van der Waals surface area contributed by atoms with E-state index in [2.05, 4.69) is 5.32 Å². The lowest BCUT2D eigenvalue weighted by molar-refractivity contribution is 0.0697. The van der Waals surface area contributed by atoms with Gasteiger partial charge in [-0.3, -0.25) is 9.20 Å². The minimum Gasteiger partial charge on any atom is -0.478 e. The fourth-order valence-corrected chi connectivity index (χ4v) is 3.91. The highest BCUT2D eigenvalue weighted by Crippen LogP contribution is 2.28. The number of aromatic nitrogens is 2. The van der Waals surface area contributed by atoms with Gasteiger partial charge in [0.25, 0.3) is 5.56 Å². The molecule has 9 heteroatoms. The average Bonchev–Trinajstić information content (AvgIpc) is 2.73. The number of aromatic carboxylic acids is 1. The van der Waals surface area contributed by atoms with E-state index in [-0.39, 0.29) is 23.3 Å². The van der Waals surface area contributed by atoms with Gasteiger partial charge in [0.15, 0.2) is 11.4 Å². The molecule has 0 spiro atoms. The lowest BCUT2D eigenvalue weighted by Crippen LogP contribution is -2.53. The molecular formula is C23H23N5O4. The molecule has 1 atom stereocenters. The Morgan fingerprint density at radius 3 is 2.75 bits per heavy atom.